The number of nitrogens with zero attached hydrogens (tertiary/aromatic N) is 1. The molecule has 0 unspecified atom stereocenters. The first kappa shape index (κ1) is 15.9. The van der Waals surface area contributed by atoms with Gasteiger partial charge in [-0.15, -0.1) is 0 Å². The van der Waals surface area contributed by atoms with Gasteiger partial charge in [0.25, 0.3) is 5.69 Å². The number of carbonyl (C=O) groups is 1. The third kappa shape index (κ3) is 4.87. The molecule has 1 aromatic rings. The van der Waals surface area contributed by atoms with E-state index < -0.39 is 23.3 Å². The zero-order valence-electron chi connectivity index (χ0n) is 10.6. The summed E-state index contributed by atoms with van der Waals surface area (Å²) in [5.74, 6) is -0.389. The molecule has 0 aromatic heterocycles. The van der Waals surface area contributed by atoms with Crippen molar-refractivity contribution in [3.8, 4) is 5.75 Å². The van der Waals surface area contributed by atoms with Gasteiger partial charge in [-0.1, -0.05) is 0 Å². The molecule has 0 saturated heterocycles. The molecule has 0 aliphatic heterocycles. The molecule has 1 rings (SSSR count). The van der Waals surface area contributed by atoms with E-state index in [0.717, 1.165) is 19.1 Å². The number of benzene rings is 1. The average Bonchev–Trinajstić information content (AvgIpc) is 2.33. The van der Waals surface area contributed by atoms with Crippen LogP contribution in [0.3, 0.4) is 0 Å². The van der Waals surface area contributed by atoms with Crippen LogP contribution in [0.25, 0.3) is 0 Å². The van der Waals surface area contributed by atoms with E-state index >= 15 is 0 Å². The minimum atomic E-state index is -4.25. The third-order valence-corrected chi connectivity index (χ3v) is 2.42. The molecule has 0 bridgehead atoms. The van der Waals surface area contributed by atoms with Crippen molar-refractivity contribution >= 4 is 11.5 Å². The van der Waals surface area contributed by atoms with Crippen molar-refractivity contribution in [2.45, 2.75) is 25.9 Å². The summed E-state index contributed by atoms with van der Waals surface area (Å²) in [6.45, 7) is 0.977. The Morgan fingerprint density at radius 2 is 2.05 bits per heavy atom. The first-order valence-corrected chi connectivity index (χ1v) is 5.69. The van der Waals surface area contributed by atoms with Crippen molar-refractivity contribution in [2.75, 3.05) is 6.61 Å². The first-order chi connectivity index (χ1) is 9.20. The lowest BCUT2D eigenvalue weighted by Crippen LogP contribution is -2.10. The molecule has 5 nitrogen and oxygen atoms in total. The topological polar surface area (TPSA) is 69.4 Å². The number of rotatable bonds is 6. The van der Waals surface area contributed by atoms with Crippen molar-refractivity contribution in [3.05, 3.63) is 33.9 Å². The van der Waals surface area contributed by atoms with Crippen LogP contribution >= 0.6 is 0 Å². The SMILES string of the molecule is CC(=O)c1cc(OCCCC(F)(F)F)ccc1[N+](=O)[O-]. The Balaban J connectivity index is 2.71. The van der Waals surface area contributed by atoms with E-state index in [1.54, 1.807) is 0 Å². The van der Waals surface area contributed by atoms with Crippen LogP contribution in [-0.2, 0) is 0 Å². The predicted octanol–water partition coefficient (Wildman–Crippen LogP) is 3.52. The number of Topliss-reactive ketones (excluding diaryl/α,β-unsaturated/α-hetero) is 1. The Morgan fingerprint density at radius 1 is 1.40 bits per heavy atom. The van der Waals surface area contributed by atoms with Gasteiger partial charge in [0.1, 0.15) is 5.75 Å². The maximum absolute atomic E-state index is 11.9. The lowest BCUT2D eigenvalue weighted by atomic mass is 10.1. The van der Waals surface area contributed by atoms with Crippen molar-refractivity contribution in [3.63, 3.8) is 0 Å². The summed E-state index contributed by atoms with van der Waals surface area (Å²) in [5, 5.41) is 10.7. The number of carbonyl (C=O) groups excluding carboxylic acids is 1. The van der Waals surface area contributed by atoms with Crippen LogP contribution in [0.1, 0.15) is 30.1 Å². The van der Waals surface area contributed by atoms with E-state index in [1.165, 1.54) is 6.07 Å². The smallest absolute Gasteiger partial charge is 0.389 e. The standard InChI is InChI=1S/C12H12F3NO4/c1-8(17)10-7-9(3-4-11(10)16(18)19)20-6-2-5-12(13,14)15/h3-4,7H,2,5-6H2,1H3. The van der Waals surface area contributed by atoms with Crippen LogP contribution in [0.5, 0.6) is 5.75 Å². The van der Waals surface area contributed by atoms with Gasteiger partial charge in [-0.25, -0.2) is 0 Å². The van der Waals surface area contributed by atoms with Crippen molar-refractivity contribution in [1.29, 1.82) is 0 Å². The highest BCUT2D eigenvalue weighted by atomic mass is 19.4. The van der Waals surface area contributed by atoms with E-state index in [2.05, 4.69) is 0 Å². The lowest BCUT2D eigenvalue weighted by Gasteiger charge is -2.09. The zero-order valence-corrected chi connectivity index (χ0v) is 10.6. The molecule has 0 atom stereocenters. The molecule has 0 N–H and O–H groups in total. The number of alkyl halides is 3. The van der Waals surface area contributed by atoms with Gasteiger partial charge in [-0.2, -0.15) is 13.2 Å². The molecular weight excluding hydrogens is 279 g/mol. The monoisotopic (exact) mass is 291 g/mol. The molecule has 20 heavy (non-hydrogen) atoms. The summed E-state index contributed by atoms with van der Waals surface area (Å²) < 4.78 is 40.8. The number of halogens is 3. The minimum absolute atomic E-state index is 0.128. The summed E-state index contributed by atoms with van der Waals surface area (Å²) in [5.41, 5.74) is -0.497. The number of ketones is 1. The summed E-state index contributed by atoms with van der Waals surface area (Å²) in [4.78, 5) is 21.3. The number of ether oxygens (including phenoxy) is 1. The Morgan fingerprint density at radius 3 is 2.55 bits per heavy atom. The van der Waals surface area contributed by atoms with E-state index in [4.69, 9.17) is 4.74 Å². The molecule has 0 fully saturated rings. The quantitative estimate of drug-likeness (QED) is 0.348. The average molecular weight is 291 g/mol. The maximum Gasteiger partial charge on any atom is 0.389 e. The summed E-state index contributed by atoms with van der Waals surface area (Å²) >= 11 is 0. The Labute approximate surface area is 112 Å². The molecule has 0 saturated carbocycles. The van der Waals surface area contributed by atoms with E-state index in [0.29, 0.717) is 0 Å². The number of nitro groups is 1. The second-order valence-electron chi connectivity index (χ2n) is 4.06. The van der Waals surface area contributed by atoms with E-state index in [-0.39, 0.29) is 30.0 Å². The van der Waals surface area contributed by atoms with Crippen LogP contribution in [0, 0.1) is 10.1 Å². The van der Waals surface area contributed by atoms with E-state index in [9.17, 15) is 28.1 Å². The molecular formula is C12H12F3NO4. The van der Waals surface area contributed by atoms with Gasteiger partial charge in [0, 0.05) is 12.5 Å². The minimum Gasteiger partial charge on any atom is -0.494 e. The van der Waals surface area contributed by atoms with Crippen molar-refractivity contribution in [2.24, 2.45) is 0 Å². The zero-order chi connectivity index (χ0) is 15.3. The maximum atomic E-state index is 11.9. The van der Waals surface area contributed by atoms with Gasteiger partial charge in [-0.3, -0.25) is 14.9 Å². The Hall–Kier alpha value is -2.12. The highest BCUT2D eigenvalue weighted by Crippen LogP contribution is 2.25. The Kier molecular flexibility index (Phi) is 5.06. The van der Waals surface area contributed by atoms with Gasteiger partial charge in [0.05, 0.1) is 17.1 Å². The van der Waals surface area contributed by atoms with Gasteiger partial charge < -0.3 is 4.74 Å². The summed E-state index contributed by atoms with van der Waals surface area (Å²) in [6, 6.07) is 3.50. The third-order valence-electron chi connectivity index (χ3n) is 2.42. The van der Waals surface area contributed by atoms with Crippen LogP contribution in [-0.4, -0.2) is 23.5 Å². The predicted molar refractivity (Wildman–Crippen MR) is 63.9 cm³/mol. The molecule has 8 heteroatoms. The fourth-order valence-electron chi connectivity index (χ4n) is 1.51. The second-order valence-corrected chi connectivity index (χ2v) is 4.06. The number of hydrogen-bond donors (Lipinski definition) is 0. The van der Waals surface area contributed by atoms with Crippen LogP contribution in [0.2, 0.25) is 0 Å². The van der Waals surface area contributed by atoms with Crippen molar-refractivity contribution < 1.29 is 27.6 Å². The van der Waals surface area contributed by atoms with Gasteiger partial charge in [0.2, 0.25) is 0 Å². The fourth-order valence-corrected chi connectivity index (χ4v) is 1.51. The first-order valence-electron chi connectivity index (χ1n) is 5.69. The molecule has 0 amide bonds. The van der Waals surface area contributed by atoms with Crippen LogP contribution in [0.4, 0.5) is 18.9 Å². The second kappa shape index (κ2) is 6.36. The van der Waals surface area contributed by atoms with Crippen LogP contribution < -0.4 is 4.74 Å². The summed E-state index contributed by atoms with van der Waals surface area (Å²) in [7, 11) is 0. The van der Waals surface area contributed by atoms with Gasteiger partial charge >= 0.3 is 6.18 Å². The molecule has 0 spiro atoms. The molecule has 110 valence electrons. The highest BCUT2D eigenvalue weighted by Gasteiger charge is 2.26. The normalized spacial score (nSPS) is 11.2. The Bertz CT molecular complexity index is 514. The van der Waals surface area contributed by atoms with Crippen molar-refractivity contribution in [1.82, 2.24) is 0 Å². The molecule has 0 radical (unpaired) electrons. The van der Waals surface area contributed by atoms with Gasteiger partial charge in [-0.05, 0) is 25.5 Å². The molecule has 0 aliphatic rings. The van der Waals surface area contributed by atoms with Gasteiger partial charge in [0.15, 0.2) is 5.78 Å². The lowest BCUT2D eigenvalue weighted by molar-refractivity contribution is -0.385. The number of nitro benzene ring substituents is 1. The van der Waals surface area contributed by atoms with Crippen LogP contribution in [0.15, 0.2) is 18.2 Å². The fraction of sp³-hybridized carbons (Fsp3) is 0.417. The highest BCUT2D eigenvalue weighted by molar-refractivity contribution is 5.98. The number of hydrogen-bond acceptors (Lipinski definition) is 4. The summed E-state index contributed by atoms with van der Waals surface area (Å²) in [6.07, 6.45) is -5.45. The van der Waals surface area contributed by atoms with E-state index in [1.807, 2.05) is 0 Å². The molecule has 1 aromatic carbocycles. The largest absolute Gasteiger partial charge is 0.494 e. The molecule has 0 aliphatic carbocycles. The molecule has 0 heterocycles.